The van der Waals surface area contributed by atoms with Gasteiger partial charge in [-0.25, -0.2) is 13.7 Å². The molecule has 16 heavy (non-hydrogen) atoms. The van der Waals surface area contributed by atoms with E-state index in [2.05, 4.69) is 13.1 Å². The number of hydrogen-bond donors (Lipinski definition) is 4. The van der Waals surface area contributed by atoms with Crippen LogP contribution < -0.4 is 0 Å². The molecule has 0 fully saturated rings. The second kappa shape index (κ2) is 6.04. The minimum atomic E-state index is -5.42. The van der Waals surface area contributed by atoms with Crippen LogP contribution in [0.5, 0.6) is 0 Å². The van der Waals surface area contributed by atoms with E-state index in [4.69, 9.17) is 31.2 Å². The van der Waals surface area contributed by atoms with Crippen molar-refractivity contribution in [2.24, 2.45) is 0 Å². The second-order valence-corrected chi connectivity index (χ2v) is 6.91. The van der Waals surface area contributed by atoms with Gasteiger partial charge in [-0.15, -0.1) is 11.6 Å². The summed E-state index contributed by atoms with van der Waals surface area (Å²) in [4.78, 5) is 33.8. The van der Waals surface area contributed by atoms with E-state index in [1.807, 2.05) is 0 Å². The molecule has 0 aliphatic carbocycles. The lowest BCUT2D eigenvalue weighted by Crippen LogP contribution is -1.98. The van der Waals surface area contributed by atoms with Crippen LogP contribution in [0.4, 0.5) is 0 Å². The van der Waals surface area contributed by atoms with Crippen molar-refractivity contribution in [2.75, 3.05) is 12.5 Å². The van der Waals surface area contributed by atoms with E-state index >= 15 is 0 Å². The number of phosphoric ester groups is 1. The van der Waals surface area contributed by atoms with E-state index in [0.717, 1.165) is 0 Å². The summed E-state index contributed by atoms with van der Waals surface area (Å²) in [5.41, 5.74) is 0. The van der Waals surface area contributed by atoms with Crippen molar-refractivity contribution in [1.29, 1.82) is 0 Å². The highest BCUT2D eigenvalue weighted by Crippen LogP contribution is 2.66. The van der Waals surface area contributed by atoms with E-state index in [0.29, 0.717) is 0 Å². The molecule has 0 saturated carbocycles. The van der Waals surface area contributed by atoms with Crippen LogP contribution in [0.15, 0.2) is 0 Å². The van der Waals surface area contributed by atoms with Crippen molar-refractivity contribution >= 4 is 35.1 Å². The Morgan fingerprint density at radius 3 is 1.81 bits per heavy atom. The zero-order chi connectivity index (χ0) is 13.0. The van der Waals surface area contributed by atoms with Crippen molar-refractivity contribution in [1.82, 2.24) is 0 Å². The summed E-state index contributed by atoms with van der Waals surface area (Å²) in [6, 6.07) is 0. The Balaban J connectivity index is 4.52. The average molecular weight is 320 g/mol. The molecule has 0 spiro atoms. The summed E-state index contributed by atoms with van der Waals surface area (Å²) < 4.78 is 42.6. The predicted octanol–water partition coefficient (Wildman–Crippen LogP) is 0.568. The molecule has 0 bridgehead atoms. The van der Waals surface area contributed by atoms with Crippen molar-refractivity contribution in [3.8, 4) is 0 Å². The van der Waals surface area contributed by atoms with Gasteiger partial charge in [0.15, 0.2) is 0 Å². The van der Waals surface area contributed by atoms with Gasteiger partial charge in [-0.05, 0) is 0 Å². The third-order valence-electron chi connectivity index (χ3n) is 0.747. The smallest absolute Gasteiger partial charge is 0.302 e. The van der Waals surface area contributed by atoms with Crippen LogP contribution in [-0.4, -0.2) is 32.1 Å². The van der Waals surface area contributed by atoms with Crippen LogP contribution in [0, 0.1) is 0 Å². The van der Waals surface area contributed by atoms with E-state index < -0.39 is 30.1 Å². The minimum Gasteiger partial charge on any atom is -0.302 e. The quantitative estimate of drug-likeness (QED) is 0.385. The van der Waals surface area contributed by atoms with Crippen molar-refractivity contribution in [3.63, 3.8) is 0 Å². The second-order valence-electron chi connectivity index (χ2n) is 2.11. The van der Waals surface area contributed by atoms with Crippen molar-refractivity contribution < 1.29 is 46.4 Å². The molecule has 2 unspecified atom stereocenters. The molecule has 0 heterocycles. The van der Waals surface area contributed by atoms with E-state index in [1.165, 1.54) is 0 Å². The highest BCUT2D eigenvalue weighted by molar-refractivity contribution is 7.66. The number of hydrogen-bond acceptors (Lipinski definition) is 6. The summed E-state index contributed by atoms with van der Waals surface area (Å²) >= 11 is 5.09. The molecule has 0 rings (SSSR count). The molecule has 10 nitrogen and oxygen atoms in total. The average Bonchev–Trinajstić information content (AvgIpc) is 1.93. The molecular formula is C2H8ClO10P3. The summed E-state index contributed by atoms with van der Waals surface area (Å²) in [7, 11) is -15.8. The summed E-state index contributed by atoms with van der Waals surface area (Å²) in [6.45, 7) is -0.481. The maximum absolute atomic E-state index is 10.9. The zero-order valence-corrected chi connectivity index (χ0v) is 10.8. The Morgan fingerprint density at radius 1 is 0.938 bits per heavy atom. The first kappa shape index (κ1) is 16.7. The highest BCUT2D eigenvalue weighted by Gasteiger charge is 2.40. The molecule has 0 radical (unpaired) electrons. The normalized spacial score (nSPS) is 20.1. The number of alkyl halides is 1. The fourth-order valence-electron chi connectivity index (χ4n) is 0.453. The fraction of sp³-hybridized carbons (Fsp3) is 1.00. The number of halogens is 1. The van der Waals surface area contributed by atoms with E-state index in [1.54, 1.807) is 0 Å². The van der Waals surface area contributed by atoms with Crippen LogP contribution in [0.3, 0.4) is 0 Å². The number of rotatable bonds is 7. The van der Waals surface area contributed by atoms with Crippen LogP contribution in [-0.2, 0) is 26.8 Å². The maximum atomic E-state index is 10.9. The molecule has 0 aromatic carbocycles. The van der Waals surface area contributed by atoms with Gasteiger partial charge < -0.3 is 19.6 Å². The molecule has 0 aliphatic rings. The topological polar surface area (TPSA) is 160 Å². The van der Waals surface area contributed by atoms with Gasteiger partial charge in [-0.3, -0.25) is 4.52 Å². The molecule has 0 aromatic rings. The first-order valence-electron chi connectivity index (χ1n) is 3.32. The first-order valence-corrected chi connectivity index (χ1v) is 8.37. The van der Waals surface area contributed by atoms with Crippen LogP contribution in [0.2, 0.25) is 0 Å². The van der Waals surface area contributed by atoms with Crippen molar-refractivity contribution in [3.05, 3.63) is 0 Å². The maximum Gasteiger partial charge on any atom is 0.490 e. The van der Waals surface area contributed by atoms with E-state index in [-0.39, 0.29) is 5.88 Å². The van der Waals surface area contributed by atoms with Gasteiger partial charge in [0.25, 0.3) is 0 Å². The molecule has 2 atom stereocenters. The van der Waals surface area contributed by atoms with Gasteiger partial charge in [0.2, 0.25) is 0 Å². The summed E-state index contributed by atoms with van der Waals surface area (Å²) in [5, 5.41) is 0. The molecule has 4 N–H and O–H groups in total. The minimum absolute atomic E-state index is 0.205. The molecule has 14 heteroatoms. The lowest BCUT2D eigenvalue weighted by molar-refractivity contribution is 0.178. The van der Waals surface area contributed by atoms with Gasteiger partial charge in [-0.1, -0.05) is 0 Å². The summed E-state index contributed by atoms with van der Waals surface area (Å²) in [5.74, 6) is -0.205. The van der Waals surface area contributed by atoms with Crippen LogP contribution in [0.25, 0.3) is 0 Å². The number of phosphoric acid groups is 3. The standard InChI is InChI=1S/C2H8ClO10P3/c3-1-2-11-15(7,8)13-16(9,10)12-14(4,5)6/h1-2H2,(H,7,8)(H,9,10)(H2,4,5,6). The summed E-state index contributed by atoms with van der Waals surface area (Å²) in [6.07, 6.45) is 0. The van der Waals surface area contributed by atoms with Gasteiger partial charge in [0, 0.05) is 5.88 Å². The lowest BCUT2D eigenvalue weighted by Gasteiger charge is -2.15. The third kappa shape index (κ3) is 8.81. The van der Waals surface area contributed by atoms with Crippen LogP contribution in [0.1, 0.15) is 0 Å². The zero-order valence-electron chi connectivity index (χ0n) is 7.37. The Kier molecular flexibility index (Phi) is 6.30. The van der Waals surface area contributed by atoms with Gasteiger partial charge in [-0.2, -0.15) is 8.62 Å². The SMILES string of the molecule is O=P(O)(O)OP(=O)(O)OP(=O)(O)OCCCl. The fourth-order valence-corrected chi connectivity index (χ4v) is 3.65. The largest absolute Gasteiger partial charge is 0.490 e. The lowest BCUT2D eigenvalue weighted by atomic mass is 10.9. The molecule has 0 aromatic heterocycles. The third-order valence-corrected chi connectivity index (χ3v) is 4.74. The Labute approximate surface area is 94.6 Å². The van der Waals surface area contributed by atoms with Gasteiger partial charge in [0.1, 0.15) is 0 Å². The highest BCUT2D eigenvalue weighted by atomic mass is 35.5. The van der Waals surface area contributed by atoms with Gasteiger partial charge in [0.05, 0.1) is 6.61 Å². The Morgan fingerprint density at radius 2 is 1.44 bits per heavy atom. The molecule has 0 aliphatic heterocycles. The van der Waals surface area contributed by atoms with Crippen molar-refractivity contribution in [2.45, 2.75) is 0 Å². The Hall–Kier alpha value is 0.700. The molecule has 98 valence electrons. The predicted molar refractivity (Wildman–Crippen MR) is 50.5 cm³/mol. The first-order chi connectivity index (χ1) is 6.97. The van der Waals surface area contributed by atoms with Crippen LogP contribution >= 0.6 is 35.1 Å². The monoisotopic (exact) mass is 320 g/mol. The molecule has 0 amide bonds. The molecule has 0 saturated heterocycles. The molecular weight excluding hydrogens is 312 g/mol. The van der Waals surface area contributed by atoms with Gasteiger partial charge >= 0.3 is 23.5 Å². The Bertz CT molecular complexity index is 359. The van der Waals surface area contributed by atoms with E-state index in [9.17, 15) is 13.7 Å².